The lowest BCUT2D eigenvalue weighted by atomic mass is 9.68. The maximum Gasteiger partial charge on any atom is 0.336 e. The number of Topliss-reactive ketones (excluding diaryl/α,β-unsaturated/α-hetero) is 1. The molecule has 0 radical (unpaired) electrons. The van der Waals surface area contributed by atoms with E-state index in [-0.39, 0.29) is 24.4 Å². The van der Waals surface area contributed by atoms with E-state index in [9.17, 15) is 9.59 Å². The first kappa shape index (κ1) is 30.9. The van der Waals surface area contributed by atoms with Gasteiger partial charge in [-0.15, -0.1) is 11.8 Å². The second-order valence-corrected chi connectivity index (χ2v) is 9.50. The van der Waals surface area contributed by atoms with Gasteiger partial charge in [-0.1, -0.05) is 53.7 Å². The number of hydrogen-bond donors (Lipinski definition) is 2. The number of nitrogens with two attached hydrogens (primary N) is 1. The fourth-order valence-electron chi connectivity index (χ4n) is 4.30. The Labute approximate surface area is 216 Å². The van der Waals surface area contributed by atoms with Crippen LogP contribution in [0.25, 0.3) is 0 Å². The van der Waals surface area contributed by atoms with Crippen LogP contribution >= 0.6 is 11.8 Å². The Balaban J connectivity index is 0.00000145. The van der Waals surface area contributed by atoms with Gasteiger partial charge >= 0.3 is 5.97 Å². The Morgan fingerprint density at radius 3 is 2.31 bits per heavy atom. The van der Waals surface area contributed by atoms with Gasteiger partial charge in [0.15, 0.2) is 5.78 Å². The van der Waals surface area contributed by atoms with E-state index in [0.717, 1.165) is 22.6 Å². The summed E-state index contributed by atoms with van der Waals surface area (Å²) >= 11 is 1.65. The molecule has 3 rings (SSSR count). The van der Waals surface area contributed by atoms with Crippen LogP contribution in [0.3, 0.4) is 0 Å². The molecule has 6 nitrogen and oxygen atoms in total. The van der Waals surface area contributed by atoms with Crippen molar-refractivity contribution in [2.75, 3.05) is 32.6 Å². The minimum atomic E-state index is -0.480. The molecule has 1 unspecified atom stereocenters. The Morgan fingerprint density at radius 2 is 1.77 bits per heavy atom. The zero-order chi connectivity index (χ0) is 26.6. The number of ketones is 1. The van der Waals surface area contributed by atoms with Gasteiger partial charge in [-0.3, -0.25) is 4.79 Å². The first-order valence-corrected chi connectivity index (χ1v) is 13.9. The summed E-state index contributed by atoms with van der Waals surface area (Å²) in [6.07, 6.45) is 3.19. The van der Waals surface area contributed by atoms with Crippen molar-refractivity contribution in [3.63, 3.8) is 0 Å². The zero-order valence-corrected chi connectivity index (χ0v) is 23.6. The van der Waals surface area contributed by atoms with Crippen molar-refractivity contribution in [1.29, 1.82) is 0 Å². The van der Waals surface area contributed by atoms with Crippen LogP contribution in [0.1, 0.15) is 72.8 Å². The summed E-state index contributed by atoms with van der Waals surface area (Å²) in [6.45, 7) is 15.2. The van der Waals surface area contributed by atoms with Gasteiger partial charge in [-0.2, -0.15) is 0 Å². The van der Waals surface area contributed by atoms with Crippen molar-refractivity contribution in [1.82, 2.24) is 5.32 Å². The first-order chi connectivity index (χ1) is 16.8. The molecule has 1 aliphatic carbocycles. The van der Waals surface area contributed by atoms with E-state index < -0.39 is 11.9 Å². The molecule has 0 saturated carbocycles. The van der Waals surface area contributed by atoms with Gasteiger partial charge in [0, 0.05) is 35.0 Å². The molecule has 1 heterocycles. The third kappa shape index (κ3) is 7.95. The topological polar surface area (TPSA) is 90.7 Å². The normalized spacial score (nSPS) is 18.4. The average Bonchev–Trinajstić information content (AvgIpc) is 2.85. The summed E-state index contributed by atoms with van der Waals surface area (Å²) < 4.78 is 11.1. The van der Waals surface area contributed by atoms with E-state index in [2.05, 4.69) is 19.2 Å². The second-order valence-electron chi connectivity index (χ2n) is 8.62. The van der Waals surface area contributed by atoms with Crippen LogP contribution in [0.5, 0.6) is 0 Å². The molecule has 0 saturated heterocycles. The number of thioether (sulfide) groups is 1. The van der Waals surface area contributed by atoms with Crippen LogP contribution < -0.4 is 11.1 Å². The lowest BCUT2D eigenvalue weighted by Crippen LogP contribution is -2.40. The SMILES string of the molecule is CC.CC.CCOC(=O)C1=C(COCCN)NC2=C(C(=O)CC(C)(C)C2)C1c1ccc(SC)cc1. The second kappa shape index (κ2) is 15.1. The van der Waals surface area contributed by atoms with Crippen LogP contribution in [0.2, 0.25) is 0 Å². The predicted molar refractivity (Wildman–Crippen MR) is 145 cm³/mol. The monoisotopic (exact) mass is 504 g/mol. The molecular weight excluding hydrogens is 460 g/mol. The molecule has 0 fully saturated rings. The zero-order valence-electron chi connectivity index (χ0n) is 22.7. The van der Waals surface area contributed by atoms with Gasteiger partial charge in [0.05, 0.1) is 31.1 Å². The Kier molecular flexibility index (Phi) is 13.4. The molecular formula is C28H44N2O4S. The fourth-order valence-corrected chi connectivity index (χ4v) is 4.71. The van der Waals surface area contributed by atoms with Gasteiger partial charge in [-0.25, -0.2) is 4.79 Å². The molecule has 0 spiro atoms. The van der Waals surface area contributed by atoms with E-state index in [4.69, 9.17) is 15.2 Å². The third-order valence-corrected chi connectivity index (χ3v) is 6.32. The van der Waals surface area contributed by atoms with Gasteiger partial charge < -0.3 is 20.5 Å². The lowest BCUT2D eigenvalue weighted by Gasteiger charge is -2.40. The fraction of sp³-hybridized carbons (Fsp3) is 0.571. The Bertz CT molecular complexity index is 904. The molecule has 0 aromatic heterocycles. The highest BCUT2D eigenvalue weighted by Crippen LogP contribution is 2.47. The third-order valence-electron chi connectivity index (χ3n) is 5.58. The highest BCUT2D eigenvalue weighted by Gasteiger charge is 2.43. The number of carbonyl (C=O) groups excluding carboxylic acids is 2. The number of dihydropyridines is 1. The molecule has 35 heavy (non-hydrogen) atoms. The maximum absolute atomic E-state index is 13.3. The number of allylic oxidation sites excluding steroid dienone is 2. The number of carbonyl (C=O) groups is 2. The van der Waals surface area contributed by atoms with Crippen LogP contribution in [0.15, 0.2) is 51.7 Å². The first-order valence-electron chi connectivity index (χ1n) is 12.7. The van der Waals surface area contributed by atoms with Gasteiger partial charge in [-0.05, 0) is 42.7 Å². The number of hydrogen-bond acceptors (Lipinski definition) is 7. The number of nitrogens with one attached hydrogen (secondary N) is 1. The lowest BCUT2D eigenvalue weighted by molar-refractivity contribution is -0.139. The smallest absolute Gasteiger partial charge is 0.336 e. The Morgan fingerprint density at radius 1 is 1.14 bits per heavy atom. The molecule has 0 bridgehead atoms. The van der Waals surface area contributed by atoms with E-state index in [0.29, 0.717) is 36.4 Å². The van der Waals surface area contributed by atoms with Crippen molar-refractivity contribution in [2.45, 2.75) is 72.1 Å². The number of esters is 1. The number of benzene rings is 1. The minimum absolute atomic E-state index is 0.0708. The van der Waals surface area contributed by atoms with Crippen molar-refractivity contribution in [3.8, 4) is 0 Å². The van der Waals surface area contributed by atoms with Crippen LogP contribution in [0.4, 0.5) is 0 Å². The molecule has 3 N–H and O–H groups in total. The van der Waals surface area contributed by atoms with Gasteiger partial charge in [0.2, 0.25) is 0 Å². The highest BCUT2D eigenvalue weighted by atomic mass is 32.2. The summed E-state index contributed by atoms with van der Waals surface area (Å²) in [5.41, 5.74) is 8.97. The number of ether oxygens (including phenoxy) is 2. The predicted octanol–water partition coefficient (Wildman–Crippen LogP) is 5.58. The van der Waals surface area contributed by atoms with Crippen LogP contribution in [-0.2, 0) is 19.1 Å². The van der Waals surface area contributed by atoms with E-state index in [1.165, 1.54) is 0 Å². The maximum atomic E-state index is 13.3. The molecule has 1 aromatic carbocycles. The van der Waals surface area contributed by atoms with Crippen molar-refractivity contribution in [3.05, 3.63) is 52.4 Å². The van der Waals surface area contributed by atoms with E-state index in [1.807, 2.05) is 58.2 Å². The number of rotatable bonds is 8. The Hall–Kier alpha value is -2.09. The minimum Gasteiger partial charge on any atom is -0.463 e. The van der Waals surface area contributed by atoms with Crippen LogP contribution in [-0.4, -0.2) is 44.4 Å². The quantitative estimate of drug-likeness (QED) is 0.271. The molecule has 1 atom stereocenters. The molecule has 1 aromatic rings. The van der Waals surface area contributed by atoms with Gasteiger partial charge in [0.25, 0.3) is 0 Å². The molecule has 7 heteroatoms. The summed E-state index contributed by atoms with van der Waals surface area (Å²) in [6, 6.07) is 8.04. The average molecular weight is 505 g/mol. The standard InChI is InChI=1S/C24H32N2O4S.2C2H6/c1-5-30-23(28)22-18(14-29-11-10-25)26-17-12-24(2,3)13-19(27)21(17)20(22)15-6-8-16(31-4)9-7-15;2*1-2/h6-9,20,26H,5,10-14,25H2,1-4H3;2*1-2H3. The molecule has 196 valence electrons. The van der Waals surface area contributed by atoms with Crippen molar-refractivity contribution < 1.29 is 19.1 Å². The largest absolute Gasteiger partial charge is 0.463 e. The van der Waals surface area contributed by atoms with Crippen LogP contribution in [0, 0.1) is 5.41 Å². The van der Waals surface area contributed by atoms with Gasteiger partial charge in [0.1, 0.15) is 0 Å². The van der Waals surface area contributed by atoms with E-state index >= 15 is 0 Å². The van der Waals surface area contributed by atoms with Crippen molar-refractivity contribution in [2.24, 2.45) is 11.1 Å². The van der Waals surface area contributed by atoms with Crippen molar-refractivity contribution >= 4 is 23.5 Å². The molecule has 0 amide bonds. The molecule has 2 aliphatic rings. The summed E-state index contributed by atoms with van der Waals surface area (Å²) in [5.74, 6) is -0.836. The summed E-state index contributed by atoms with van der Waals surface area (Å²) in [4.78, 5) is 27.6. The summed E-state index contributed by atoms with van der Waals surface area (Å²) in [7, 11) is 0. The van der Waals surface area contributed by atoms with E-state index in [1.54, 1.807) is 18.7 Å². The highest BCUT2D eigenvalue weighted by molar-refractivity contribution is 7.98. The molecule has 1 aliphatic heterocycles. The summed E-state index contributed by atoms with van der Waals surface area (Å²) in [5, 5.41) is 3.38.